The maximum atomic E-state index is 6.67. The van der Waals surface area contributed by atoms with E-state index in [4.69, 9.17) is 4.42 Å². The average Bonchev–Trinajstić information content (AvgIpc) is 3.80. The number of rotatable bonds is 5. The lowest BCUT2D eigenvalue weighted by molar-refractivity contribution is 0.673. The van der Waals surface area contributed by atoms with E-state index in [1.807, 2.05) is 11.3 Å². The van der Waals surface area contributed by atoms with Gasteiger partial charge in [0.15, 0.2) is 0 Å². The maximum absolute atomic E-state index is 6.67. The second kappa shape index (κ2) is 11.9. The molecule has 0 unspecified atom stereocenters. The van der Waals surface area contributed by atoms with Gasteiger partial charge in [-0.05, 0) is 104 Å². The van der Waals surface area contributed by atoms with Crippen LogP contribution in [-0.2, 0) is 0 Å². The van der Waals surface area contributed by atoms with Crippen LogP contribution in [0.1, 0.15) is 0 Å². The molecule has 53 heavy (non-hydrogen) atoms. The maximum Gasteiger partial charge on any atom is 0.144 e. The largest absolute Gasteiger partial charge is 0.455 e. The van der Waals surface area contributed by atoms with Crippen molar-refractivity contribution in [2.24, 2.45) is 0 Å². The third-order valence-corrected chi connectivity index (χ3v) is 11.8. The number of anilines is 3. The molecule has 0 atom stereocenters. The fourth-order valence-corrected chi connectivity index (χ4v) is 9.18. The number of benzene rings is 9. The van der Waals surface area contributed by atoms with Gasteiger partial charge in [-0.2, -0.15) is 0 Å². The molecule has 0 aliphatic heterocycles. The summed E-state index contributed by atoms with van der Waals surface area (Å²) in [6.07, 6.45) is 0. The molecule has 0 aliphatic carbocycles. The van der Waals surface area contributed by atoms with Crippen LogP contribution in [0.15, 0.2) is 192 Å². The number of nitrogens with zero attached hydrogens (tertiary/aromatic N) is 1. The monoisotopic (exact) mass is 693 g/mol. The van der Waals surface area contributed by atoms with E-state index in [0.717, 1.165) is 28.2 Å². The first-order valence-electron chi connectivity index (χ1n) is 18.0. The Morgan fingerprint density at radius 2 is 0.962 bits per heavy atom. The van der Waals surface area contributed by atoms with Crippen molar-refractivity contribution in [1.29, 1.82) is 0 Å². The lowest BCUT2D eigenvalue weighted by atomic mass is 10.0. The number of fused-ring (bicyclic) bond motifs is 10. The molecule has 0 aliphatic rings. The summed E-state index contributed by atoms with van der Waals surface area (Å²) in [5.41, 5.74) is 10.0. The highest BCUT2D eigenvalue weighted by Crippen LogP contribution is 2.46. The molecule has 0 N–H and O–H groups in total. The van der Waals surface area contributed by atoms with E-state index in [9.17, 15) is 0 Å². The molecule has 11 rings (SSSR count). The predicted octanol–water partition coefficient (Wildman–Crippen LogP) is 15.1. The SMILES string of the molecule is c1ccc(-c2ccc(N(c3ccc(-c4ccc5ccccc5c4)cc3)c3ccc4c(c3)sc3ccc5c(oc6ccc7ccccc7c65)c34)cc2)cc1. The van der Waals surface area contributed by atoms with Gasteiger partial charge in [-0.3, -0.25) is 0 Å². The van der Waals surface area contributed by atoms with Gasteiger partial charge in [0, 0.05) is 48.0 Å². The zero-order valence-electron chi connectivity index (χ0n) is 28.7. The summed E-state index contributed by atoms with van der Waals surface area (Å²) in [7, 11) is 0. The Balaban J connectivity index is 1.05. The van der Waals surface area contributed by atoms with E-state index in [2.05, 4.69) is 193 Å². The van der Waals surface area contributed by atoms with Crippen molar-refractivity contribution < 1.29 is 4.42 Å². The van der Waals surface area contributed by atoms with Gasteiger partial charge in [-0.25, -0.2) is 0 Å². The predicted molar refractivity (Wildman–Crippen MR) is 227 cm³/mol. The van der Waals surface area contributed by atoms with Crippen molar-refractivity contribution >= 4 is 92.1 Å². The van der Waals surface area contributed by atoms with E-state index in [0.29, 0.717) is 0 Å². The summed E-state index contributed by atoms with van der Waals surface area (Å²) >= 11 is 1.83. The molecule has 3 heteroatoms. The van der Waals surface area contributed by atoms with Crippen LogP contribution in [0.3, 0.4) is 0 Å². The zero-order valence-corrected chi connectivity index (χ0v) is 29.5. The summed E-state index contributed by atoms with van der Waals surface area (Å²) in [4.78, 5) is 2.37. The van der Waals surface area contributed by atoms with Crippen LogP contribution in [0.2, 0.25) is 0 Å². The van der Waals surface area contributed by atoms with Crippen LogP contribution in [0, 0.1) is 0 Å². The first-order chi connectivity index (χ1) is 26.2. The molecular formula is C50H31NOS. The smallest absolute Gasteiger partial charge is 0.144 e. The fraction of sp³-hybridized carbons (Fsp3) is 0. The van der Waals surface area contributed by atoms with Crippen LogP contribution >= 0.6 is 11.3 Å². The molecule has 11 aromatic rings. The third-order valence-electron chi connectivity index (χ3n) is 10.6. The van der Waals surface area contributed by atoms with Crippen LogP contribution in [0.4, 0.5) is 17.1 Å². The Kier molecular flexibility index (Phi) is 6.76. The standard InChI is InChI=1S/C50H31NOS/c1-2-8-32(9-3-1)34-16-21-39(22-17-34)51(40-23-18-35(19-24-40)38-15-14-33-10-4-5-12-37(33)30-38)41-25-26-43-47(31-41)53-46-29-27-44-48-42-13-7-6-11-36(42)20-28-45(48)52-50(44)49(43)46/h1-31H. The highest BCUT2D eigenvalue weighted by Gasteiger charge is 2.19. The second-order valence-electron chi connectivity index (χ2n) is 13.7. The number of furan rings is 1. The molecule has 0 bridgehead atoms. The van der Waals surface area contributed by atoms with Gasteiger partial charge in [-0.15, -0.1) is 11.3 Å². The van der Waals surface area contributed by atoms with Crippen LogP contribution in [0.5, 0.6) is 0 Å². The Morgan fingerprint density at radius 1 is 0.358 bits per heavy atom. The molecule has 248 valence electrons. The molecule has 2 nitrogen and oxygen atoms in total. The summed E-state index contributed by atoms with van der Waals surface area (Å²) in [5, 5.41) is 9.72. The molecule has 2 heterocycles. The first kappa shape index (κ1) is 30.0. The van der Waals surface area contributed by atoms with Crippen molar-refractivity contribution in [2.75, 3.05) is 4.90 Å². The van der Waals surface area contributed by atoms with E-state index in [1.165, 1.54) is 74.7 Å². The Labute approximate surface area is 310 Å². The minimum atomic E-state index is 0.930. The topological polar surface area (TPSA) is 16.4 Å². The molecule has 0 spiro atoms. The minimum absolute atomic E-state index is 0.930. The number of hydrogen-bond donors (Lipinski definition) is 0. The summed E-state index contributed by atoms with van der Waals surface area (Å²) in [6.45, 7) is 0. The number of hydrogen-bond acceptors (Lipinski definition) is 3. The van der Waals surface area contributed by atoms with Crippen LogP contribution in [-0.4, -0.2) is 0 Å². The molecule has 0 saturated carbocycles. The molecule has 0 radical (unpaired) electrons. The lowest BCUT2D eigenvalue weighted by Gasteiger charge is -2.26. The van der Waals surface area contributed by atoms with Crippen LogP contribution < -0.4 is 4.90 Å². The molecule has 0 amide bonds. The molecular weight excluding hydrogens is 663 g/mol. The van der Waals surface area contributed by atoms with E-state index < -0.39 is 0 Å². The van der Waals surface area contributed by atoms with Crippen molar-refractivity contribution in [3.05, 3.63) is 188 Å². The second-order valence-corrected chi connectivity index (χ2v) is 14.8. The summed E-state index contributed by atoms with van der Waals surface area (Å²) < 4.78 is 9.13. The quantitative estimate of drug-likeness (QED) is 0.178. The Morgan fingerprint density at radius 3 is 1.75 bits per heavy atom. The van der Waals surface area contributed by atoms with E-state index >= 15 is 0 Å². The van der Waals surface area contributed by atoms with Gasteiger partial charge in [0.05, 0.1) is 0 Å². The van der Waals surface area contributed by atoms with Gasteiger partial charge in [0.1, 0.15) is 11.2 Å². The van der Waals surface area contributed by atoms with Crippen molar-refractivity contribution in [3.63, 3.8) is 0 Å². The highest BCUT2D eigenvalue weighted by atomic mass is 32.1. The van der Waals surface area contributed by atoms with Crippen LogP contribution in [0.25, 0.3) is 85.9 Å². The lowest BCUT2D eigenvalue weighted by Crippen LogP contribution is -2.09. The van der Waals surface area contributed by atoms with E-state index in [1.54, 1.807) is 0 Å². The summed E-state index contributed by atoms with van der Waals surface area (Å²) in [5.74, 6) is 0. The zero-order chi connectivity index (χ0) is 34.9. The van der Waals surface area contributed by atoms with Gasteiger partial charge < -0.3 is 9.32 Å². The van der Waals surface area contributed by atoms with Gasteiger partial charge >= 0.3 is 0 Å². The van der Waals surface area contributed by atoms with Crippen molar-refractivity contribution in [2.45, 2.75) is 0 Å². The van der Waals surface area contributed by atoms with Gasteiger partial charge in [-0.1, -0.05) is 127 Å². The van der Waals surface area contributed by atoms with E-state index in [-0.39, 0.29) is 0 Å². The fourth-order valence-electron chi connectivity index (χ4n) is 8.04. The Hall–Kier alpha value is -6.68. The minimum Gasteiger partial charge on any atom is -0.455 e. The number of thiophene rings is 1. The molecule has 9 aromatic carbocycles. The first-order valence-corrected chi connectivity index (χ1v) is 18.8. The molecule has 0 fully saturated rings. The van der Waals surface area contributed by atoms with Crippen molar-refractivity contribution in [3.8, 4) is 22.3 Å². The van der Waals surface area contributed by atoms with Crippen molar-refractivity contribution in [1.82, 2.24) is 0 Å². The normalized spacial score (nSPS) is 11.8. The molecule has 2 aromatic heterocycles. The highest BCUT2D eigenvalue weighted by molar-refractivity contribution is 7.26. The van der Waals surface area contributed by atoms with Gasteiger partial charge in [0.2, 0.25) is 0 Å². The summed E-state index contributed by atoms with van der Waals surface area (Å²) in [6, 6.07) is 67.9. The average molecular weight is 694 g/mol. The van der Waals surface area contributed by atoms with Gasteiger partial charge in [0.25, 0.3) is 0 Å². The molecule has 0 saturated heterocycles. The third kappa shape index (κ3) is 4.93. The Bertz CT molecular complexity index is 3150.